The maximum atomic E-state index is 13.8. The molecule has 28 heavy (non-hydrogen) atoms. The molecule has 4 rings (SSSR count). The lowest BCUT2D eigenvalue weighted by atomic mass is 9.78. The van der Waals surface area contributed by atoms with Crippen LogP contribution in [0.2, 0.25) is 0 Å². The number of amides is 1. The van der Waals surface area contributed by atoms with Crippen molar-refractivity contribution >= 4 is 5.91 Å². The van der Waals surface area contributed by atoms with Gasteiger partial charge in [-0.25, -0.2) is 4.68 Å². The fourth-order valence-electron chi connectivity index (χ4n) is 4.24. The minimum atomic E-state index is -4.68. The third-order valence-electron chi connectivity index (χ3n) is 5.99. The summed E-state index contributed by atoms with van der Waals surface area (Å²) in [6, 6.07) is 6.59. The molecule has 3 heterocycles. The molecular weight excluding hydrogens is 369 g/mol. The molecule has 2 saturated heterocycles. The molecular formula is C20H23F3N4O. The van der Waals surface area contributed by atoms with Crippen molar-refractivity contribution in [1.29, 1.82) is 0 Å². The number of carbonyl (C=O) groups is 1. The fourth-order valence-corrected chi connectivity index (χ4v) is 4.24. The number of hydrogen-bond donors (Lipinski definition) is 1. The lowest BCUT2D eigenvalue weighted by Gasteiger charge is -2.38. The lowest BCUT2D eigenvalue weighted by molar-refractivity contribution is -0.143. The third kappa shape index (κ3) is 3.41. The maximum absolute atomic E-state index is 13.8. The molecule has 2 aliphatic heterocycles. The van der Waals surface area contributed by atoms with E-state index in [0.717, 1.165) is 48.8 Å². The van der Waals surface area contributed by atoms with Gasteiger partial charge >= 0.3 is 6.18 Å². The van der Waals surface area contributed by atoms with Crippen molar-refractivity contribution in [2.45, 2.75) is 32.4 Å². The Hall–Kier alpha value is -2.35. The Morgan fingerprint density at radius 1 is 1.14 bits per heavy atom. The van der Waals surface area contributed by atoms with Crippen LogP contribution in [0.1, 0.15) is 40.9 Å². The normalized spacial score (nSPS) is 19.4. The predicted molar refractivity (Wildman–Crippen MR) is 98.4 cm³/mol. The summed E-state index contributed by atoms with van der Waals surface area (Å²) in [5.74, 6) is -0.591. The zero-order valence-electron chi connectivity index (χ0n) is 15.7. The average Bonchev–Trinajstić information content (AvgIpc) is 3.30. The van der Waals surface area contributed by atoms with Crippen LogP contribution in [0.5, 0.6) is 0 Å². The number of alkyl halides is 3. The topological polar surface area (TPSA) is 50.2 Å². The highest BCUT2D eigenvalue weighted by Crippen LogP contribution is 2.38. The monoisotopic (exact) mass is 392 g/mol. The largest absolute Gasteiger partial charge is 0.434 e. The molecule has 0 bridgehead atoms. The number of rotatable bonds is 2. The Bertz CT molecular complexity index is 857. The first-order valence-corrected chi connectivity index (χ1v) is 9.51. The van der Waals surface area contributed by atoms with Gasteiger partial charge in [0.05, 0.1) is 17.4 Å². The highest BCUT2D eigenvalue weighted by atomic mass is 19.4. The highest BCUT2D eigenvalue weighted by Gasteiger charge is 2.43. The smallest absolute Gasteiger partial charge is 0.338 e. The first kappa shape index (κ1) is 19.0. The molecule has 1 spiro atoms. The van der Waals surface area contributed by atoms with Gasteiger partial charge < -0.3 is 10.2 Å². The van der Waals surface area contributed by atoms with Gasteiger partial charge in [0.1, 0.15) is 0 Å². The molecule has 0 radical (unpaired) electrons. The van der Waals surface area contributed by atoms with Gasteiger partial charge in [-0.05, 0) is 50.3 Å². The van der Waals surface area contributed by atoms with E-state index in [9.17, 15) is 18.0 Å². The molecule has 0 atom stereocenters. The molecule has 0 saturated carbocycles. The number of nitrogens with one attached hydrogen (secondary N) is 1. The van der Waals surface area contributed by atoms with Gasteiger partial charge in [0, 0.05) is 19.6 Å². The summed E-state index contributed by atoms with van der Waals surface area (Å²) in [5.41, 5.74) is 0.0178. The van der Waals surface area contributed by atoms with Crippen molar-refractivity contribution in [3.8, 4) is 5.69 Å². The molecule has 2 aromatic rings. The SMILES string of the molecule is Cc1ccc(-n2ncc(C(=O)N3CCC4(CCNC4)CC3)c2C(F)(F)F)cc1. The molecule has 5 nitrogen and oxygen atoms in total. The number of halogens is 3. The third-order valence-corrected chi connectivity index (χ3v) is 5.99. The summed E-state index contributed by atoms with van der Waals surface area (Å²) in [6.07, 6.45) is -0.933. The number of benzene rings is 1. The number of likely N-dealkylation sites (tertiary alicyclic amines) is 1. The number of nitrogens with zero attached hydrogens (tertiary/aromatic N) is 3. The Morgan fingerprint density at radius 3 is 2.39 bits per heavy atom. The number of piperidine rings is 1. The second-order valence-corrected chi connectivity index (χ2v) is 7.87. The van der Waals surface area contributed by atoms with Crippen molar-refractivity contribution in [2.75, 3.05) is 26.2 Å². The van der Waals surface area contributed by atoms with Gasteiger partial charge in [-0.1, -0.05) is 17.7 Å². The van der Waals surface area contributed by atoms with E-state index in [4.69, 9.17) is 0 Å². The van der Waals surface area contributed by atoms with Gasteiger partial charge in [0.15, 0.2) is 5.69 Å². The lowest BCUT2D eigenvalue weighted by Crippen LogP contribution is -2.44. The minimum absolute atomic E-state index is 0.190. The van der Waals surface area contributed by atoms with Crippen LogP contribution in [0.3, 0.4) is 0 Å². The fraction of sp³-hybridized carbons (Fsp3) is 0.500. The van der Waals surface area contributed by atoms with Crippen LogP contribution in [-0.2, 0) is 6.18 Å². The van der Waals surface area contributed by atoms with E-state index >= 15 is 0 Å². The van der Waals surface area contributed by atoms with E-state index in [-0.39, 0.29) is 16.7 Å². The molecule has 1 aromatic heterocycles. The minimum Gasteiger partial charge on any atom is -0.338 e. The Kier molecular flexibility index (Phi) is 4.69. The summed E-state index contributed by atoms with van der Waals surface area (Å²) < 4.78 is 42.3. The first-order valence-electron chi connectivity index (χ1n) is 9.51. The van der Waals surface area contributed by atoms with Crippen LogP contribution in [0.4, 0.5) is 13.2 Å². The molecule has 1 N–H and O–H groups in total. The maximum Gasteiger partial charge on any atom is 0.434 e. The molecule has 2 aliphatic rings. The van der Waals surface area contributed by atoms with Crippen LogP contribution < -0.4 is 5.32 Å². The van der Waals surface area contributed by atoms with Gasteiger partial charge in [0.2, 0.25) is 0 Å². The van der Waals surface area contributed by atoms with E-state index in [0.29, 0.717) is 13.1 Å². The van der Waals surface area contributed by atoms with Crippen LogP contribution >= 0.6 is 0 Å². The summed E-state index contributed by atoms with van der Waals surface area (Å²) in [7, 11) is 0. The number of aryl methyl sites for hydroxylation is 1. The van der Waals surface area contributed by atoms with E-state index in [1.54, 1.807) is 24.3 Å². The van der Waals surface area contributed by atoms with E-state index in [2.05, 4.69) is 10.4 Å². The number of aromatic nitrogens is 2. The summed E-state index contributed by atoms with van der Waals surface area (Å²) in [4.78, 5) is 14.5. The molecule has 0 unspecified atom stereocenters. The van der Waals surface area contributed by atoms with Crippen LogP contribution in [-0.4, -0.2) is 46.8 Å². The quantitative estimate of drug-likeness (QED) is 0.852. The van der Waals surface area contributed by atoms with Crippen LogP contribution in [0, 0.1) is 12.3 Å². The Balaban J connectivity index is 1.62. The first-order chi connectivity index (χ1) is 13.3. The van der Waals surface area contributed by atoms with Crippen molar-refractivity contribution in [1.82, 2.24) is 20.0 Å². The van der Waals surface area contributed by atoms with Gasteiger partial charge in [-0.3, -0.25) is 4.79 Å². The van der Waals surface area contributed by atoms with Gasteiger partial charge in [-0.2, -0.15) is 18.3 Å². The standard InChI is InChI=1S/C20H23F3N4O/c1-14-2-4-15(5-3-14)27-17(20(21,22)23)16(12-25-27)18(28)26-10-7-19(8-11-26)6-9-24-13-19/h2-5,12,24H,6-11,13H2,1H3. The van der Waals surface area contributed by atoms with Crippen molar-refractivity contribution < 1.29 is 18.0 Å². The molecule has 1 amide bonds. The summed E-state index contributed by atoms with van der Waals surface area (Å²) >= 11 is 0. The van der Waals surface area contributed by atoms with E-state index in [1.165, 1.54) is 4.90 Å². The molecule has 0 aliphatic carbocycles. The van der Waals surface area contributed by atoms with Crippen LogP contribution in [0.25, 0.3) is 5.69 Å². The molecule has 2 fully saturated rings. The van der Waals surface area contributed by atoms with Crippen molar-refractivity contribution in [3.05, 3.63) is 47.3 Å². The van der Waals surface area contributed by atoms with E-state index < -0.39 is 17.8 Å². The Morgan fingerprint density at radius 2 is 1.82 bits per heavy atom. The predicted octanol–water partition coefficient (Wildman–Crippen LogP) is 3.42. The van der Waals surface area contributed by atoms with E-state index in [1.807, 2.05) is 6.92 Å². The van der Waals surface area contributed by atoms with Crippen molar-refractivity contribution in [3.63, 3.8) is 0 Å². The van der Waals surface area contributed by atoms with Crippen LogP contribution in [0.15, 0.2) is 30.5 Å². The Labute approximate surface area is 161 Å². The zero-order chi connectivity index (χ0) is 19.9. The molecule has 8 heteroatoms. The molecule has 150 valence electrons. The zero-order valence-corrected chi connectivity index (χ0v) is 15.7. The second-order valence-electron chi connectivity index (χ2n) is 7.87. The summed E-state index contributed by atoms with van der Waals surface area (Å²) in [5, 5.41) is 7.26. The number of hydrogen-bond acceptors (Lipinski definition) is 3. The van der Waals surface area contributed by atoms with Gasteiger partial charge in [0.25, 0.3) is 5.91 Å². The summed E-state index contributed by atoms with van der Waals surface area (Å²) in [6.45, 7) is 4.71. The highest BCUT2D eigenvalue weighted by molar-refractivity contribution is 5.95. The molecule has 1 aromatic carbocycles. The van der Waals surface area contributed by atoms with Gasteiger partial charge in [-0.15, -0.1) is 0 Å². The van der Waals surface area contributed by atoms with Crippen molar-refractivity contribution in [2.24, 2.45) is 5.41 Å². The second kappa shape index (κ2) is 6.92. The average molecular weight is 392 g/mol. The number of carbonyl (C=O) groups excluding carboxylic acids is 1.